The van der Waals surface area contributed by atoms with Crippen molar-refractivity contribution in [3.8, 4) is 5.88 Å². The SMILES string of the molecule is CCc1nn(C)c(C(=O)Nc2nc(Cl)cc(OC)n2)c1N. The maximum atomic E-state index is 12.3. The third kappa shape index (κ3) is 3.05. The lowest BCUT2D eigenvalue weighted by atomic mass is 10.2. The van der Waals surface area contributed by atoms with E-state index in [-0.39, 0.29) is 22.7 Å². The molecule has 0 aliphatic rings. The molecule has 2 aromatic heterocycles. The number of methoxy groups -OCH3 is 1. The van der Waals surface area contributed by atoms with Crippen molar-refractivity contribution in [2.24, 2.45) is 7.05 Å². The van der Waals surface area contributed by atoms with Crippen LogP contribution in [0.5, 0.6) is 5.88 Å². The van der Waals surface area contributed by atoms with E-state index >= 15 is 0 Å². The molecule has 0 bridgehead atoms. The Labute approximate surface area is 126 Å². The predicted octanol–water partition coefficient (Wildman–Crippen LogP) is 1.27. The van der Waals surface area contributed by atoms with Crippen molar-refractivity contribution < 1.29 is 9.53 Å². The summed E-state index contributed by atoms with van der Waals surface area (Å²) >= 11 is 5.82. The van der Waals surface area contributed by atoms with E-state index in [9.17, 15) is 4.79 Å². The minimum Gasteiger partial charge on any atom is -0.481 e. The molecular weight excluding hydrogens is 296 g/mol. The molecule has 0 aromatic carbocycles. The fourth-order valence-corrected chi connectivity index (χ4v) is 2.02. The van der Waals surface area contributed by atoms with E-state index in [1.54, 1.807) is 7.05 Å². The van der Waals surface area contributed by atoms with Gasteiger partial charge in [0, 0.05) is 13.1 Å². The maximum absolute atomic E-state index is 12.3. The molecule has 9 heteroatoms. The van der Waals surface area contributed by atoms with Gasteiger partial charge in [-0.05, 0) is 6.42 Å². The van der Waals surface area contributed by atoms with E-state index in [1.807, 2.05) is 6.92 Å². The maximum Gasteiger partial charge on any atom is 0.278 e. The fourth-order valence-electron chi connectivity index (χ4n) is 1.84. The van der Waals surface area contributed by atoms with Gasteiger partial charge in [-0.15, -0.1) is 0 Å². The highest BCUT2D eigenvalue weighted by atomic mass is 35.5. The lowest BCUT2D eigenvalue weighted by molar-refractivity contribution is 0.101. The van der Waals surface area contributed by atoms with Crippen LogP contribution in [-0.2, 0) is 13.5 Å². The summed E-state index contributed by atoms with van der Waals surface area (Å²) in [5.41, 5.74) is 7.16. The number of anilines is 2. The quantitative estimate of drug-likeness (QED) is 0.823. The van der Waals surface area contributed by atoms with E-state index in [2.05, 4.69) is 20.4 Å². The largest absolute Gasteiger partial charge is 0.481 e. The lowest BCUT2D eigenvalue weighted by Crippen LogP contribution is -2.19. The summed E-state index contributed by atoms with van der Waals surface area (Å²) in [5.74, 6) is -0.188. The van der Waals surface area contributed by atoms with Gasteiger partial charge in [-0.3, -0.25) is 14.8 Å². The first-order chi connectivity index (χ1) is 9.96. The molecule has 21 heavy (non-hydrogen) atoms. The standard InChI is InChI=1S/C12H15ClN6O2/c1-4-6-9(14)10(19(2)18-6)11(20)17-12-15-7(13)5-8(16-12)21-3/h5H,4,14H2,1-3H3,(H,15,16,17,20). The fraction of sp³-hybridized carbons (Fsp3) is 0.333. The molecule has 2 aromatic rings. The lowest BCUT2D eigenvalue weighted by Gasteiger charge is -2.06. The Hall–Kier alpha value is -2.35. The highest BCUT2D eigenvalue weighted by molar-refractivity contribution is 6.29. The van der Waals surface area contributed by atoms with Gasteiger partial charge >= 0.3 is 0 Å². The number of nitrogens with one attached hydrogen (secondary N) is 1. The normalized spacial score (nSPS) is 10.5. The Bertz CT molecular complexity index is 685. The van der Waals surface area contributed by atoms with Crippen LogP contribution in [0.1, 0.15) is 23.1 Å². The number of halogens is 1. The summed E-state index contributed by atoms with van der Waals surface area (Å²) in [6.45, 7) is 1.91. The minimum atomic E-state index is -0.466. The number of rotatable bonds is 4. The van der Waals surface area contributed by atoms with Crippen LogP contribution in [0.25, 0.3) is 0 Å². The van der Waals surface area contributed by atoms with Gasteiger partial charge in [-0.2, -0.15) is 10.1 Å². The minimum absolute atomic E-state index is 0.0306. The van der Waals surface area contributed by atoms with Crippen molar-refractivity contribution in [3.63, 3.8) is 0 Å². The first-order valence-corrected chi connectivity index (χ1v) is 6.55. The van der Waals surface area contributed by atoms with Crippen LogP contribution in [0.4, 0.5) is 11.6 Å². The molecule has 3 N–H and O–H groups in total. The van der Waals surface area contributed by atoms with Crippen LogP contribution in [0.3, 0.4) is 0 Å². The molecule has 112 valence electrons. The Kier molecular flexibility index (Phi) is 4.27. The Balaban J connectivity index is 2.30. The summed E-state index contributed by atoms with van der Waals surface area (Å²) in [6, 6.07) is 1.44. The summed E-state index contributed by atoms with van der Waals surface area (Å²) in [7, 11) is 3.08. The molecular formula is C12H15ClN6O2. The molecule has 0 unspecified atom stereocenters. The second-order valence-electron chi connectivity index (χ2n) is 4.20. The Morgan fingerprint density at radius 1 is 1.52 bits per heavy atom. The van der Waals surface area contributed by atoms with Crippen LogP contribution in [0.15, 0.2) is 6.07 Å². The molecule has 0 aliphatic heterocycles. The van der Waals surface area contributed by atoms with Gasteiger partial charge in [-0.1, -0.05) is 18.5 Å². The first kappa shape index (κ1) is 15.0. The third-order valence-electron chi connectivity index (χ3n) is 2.82. The zero-order valence-corrected chi connectivity index (χ0v) is 12.6. The van der Waals surface area contributed by atoms with Crippen molar-refractivity contribution in [2.45, 2.75) is 13.3 Å². The number of nitrogen functional groups attached to an aromatic ring is 1. The van der Waals surface area contributed by atoms with E-state index in [0.717, 1.165) is 0 Å². The van der Waals surface area contributed by atoms with Gasteiger partial charge in [0.1, 0.15) is 10.8 Å². The Morgan fingerprint density at radius 2 is 2.24 bits per heavy atom. The average Bonchev–Trinajstić information content (AvgIpc) is 2.72. The van der Waals surface area contributed by atoms with Crippen molar-refractivity contribution in [3.05, 3.63) is 22.6 Å². The highest BCUT2D eigenvalue weighted by Gasteiger charge is 2.20. The van der Waals surface area contributed by atoms with Crippen LogP contribution in [-0.4, -0.2) is 32.8 Å². The number of nitrogens with zero attached hydrogens (tertiary/aromatic N) is 4. The number of nitrogens with two attached hydrogens (primary N) is 1. The molecule has 2 rings (SSSR count). The number of hydrogen-bond donors (Lipinski definition) is 2. The van der Waals surface area contributed by atoms with Gasteiger partial charge in [0.25, 0.3) is 5.91 Å². The highest BCUT2D eigenvalue weighted by Crippen LogP contribution is 2.20. The second-order valence-corrected chi connectivity index (χ2v) is 4.58. The van der Waals surface area contributed by atoms with Gasteiger partial charge in [-0.25, -0.2) is 4.98 Å². The number of hydrogen-bond acceptors (Lipinski definition) is 6. The Morgan fingerprint density at radius 3 is 2.81 bits per heavy atom. The number of amides is 1. The molecule has 8 nitrogen and oxygen atoms in total. The third-order valence-corrected chi connectivity index (χ3v) is 3.01. The summed E-state index contributed by atoms with van der Waals surface area (Å²) < 4.78 is 6.38. The van der Waals surface area contributed by atoms with Gasteiger partial charge in [0.05, 0.1) is 18.5 Å². The van der Waals surface area contributed by atoms with Crippen LogP contribution in [0.2, 0.25) is 5.15 Å². The van der Waals surface area contributed by atoms with E-state index < -0.39 is 5.91 Å². The summed E-state index contributed by atoms with van der Waals surface area (Å²) in [6.07, 6.45) is 0.633. The zero-order chi connectivity index (χ0) is 15.6. The predicted molar refractivity (Wildman–Crippen MR) is 78.5 cm³/mol. The van der Waals surface area contributed by atoms with Gasteiger partial charge in [0.2, 0.25) is 11.8 Å². The molecule has 0 aliphatic carbocycles. The average molecular weight is 311 g/mol. The number of ether oxygens (including phenoxy) is 1. The molecule has 0 saturated carbocycles. The number of aromatic nitrogens is 4. The number of aryl methyl sites for hydroxylation is 2. The van der Waals surface area contributed by atoms with E-state index in [0.29, 0.717) is 17.8 Å². The van der Waals surface area contributed by atoms with Gasteiger partial charge in [0.15, 0.2) is 0 Å². The number of carbonyl (C=O) groups is 1. The molecule has 2 heterocycles. The smallest absolute Gasteiger partial charge is 0.278 e. The van der Waals surface area contributed by atoms with Crippen molar-refractivity contribution in [1.29, 1.82) is 0 Å². The second kappa shape index (κ2) is 5.96. The topological polar surface area (TPSA) is 108 Å². The van der Waals surface area contributed by atoms with Crippen LogP contribution < -0.4 is 15.8 Å². The summed E-state index contributed by atoms with van der Waals surface area (Å²) in [4.78, 5) is 20.2. The van der Waals surface area contributed by atoms with E-state index in [4.69, 9.17) is 22.1 Å². The van der Waals surface area contributed by atoms with Gasteiger partial charge < -0.3 is 10.5 Å². The number of carbonyl (C=O) groups excluding carboxylic acids is 1. The molecule has 1 amide bonds. The monoisotopic (exact) mass is 310 g/mol. The van der Waals surface area contributed by atoms with Crippen LogP contribution in [0, 0.1) is 0 Å². The molecule has 0 atom stereocenters. The molecule has 0 radical (unpaired) electrons. The molecule has 0 spiro atoms. The summed E-state index contributed by atoms with van der Waals surface area (Å²) in [5, 5.41) is 6.87. The zero-order valence-electron chi connectivity index (χ0n) is 11.8. The van der Waals surface area contributed by atoms with Crippen molar-refractivity contribution in [1.82, 2.24) is 19.7 Å². The molecule has 0 fully saturated rings. The molecule has 0 saturated heterocycles. The van der Waals surface area contributed by atoms with Crippen molar-refractivity contribution >= 4 is 29.1 Å². The first-order valence-electron chi connectivity index (χ1n) is 6.17. The van der Waals surface area contributed by atoms with Crippen molar-refractivity contribution in [2.75, 3.05) is 18.2 Å². The van der Waals surface area contributed by atoms with Crippen LogP contribution >= 0.6 is 11.6 Å². The van der Waals surface area contributed by atoms with E-state index in [1.165, 1.54) is 17.9 Å².